The Bertz CT molecular complexity index is 665. The molecule has 0 aromatic rings. The number of hydrogen-bond acceptors (Lipinski definition) is 5. The van der Waals surface area contributed by atoms with Gasteiger partial charge in [0.05, 0.1) is 24.7 Å². The Balaban J connectivity index is 2.13. The molecule has 1 amide bonds. The fourth-order valence-corrected chi connectivity index (χ4v) is 6.27. The molecule has 0 spiro atoms. The predicted octanol–water partition coefficient (Wildman–Crippen LogP) is 4.26. The number of carbonyl (C=O) groups excluding carboxylic acids is 2. The van der Waals surface area contributed by atoms with E-state index in [0.29, 0.717) is 13.0 Å². The lowest BCUT2D eigenvalue weighted by Gasteiger charge is -2.48. The highest BCUT2D eigenvalue weighted by molar-refractivity contribution is 6.74. The summed E-state index contributed by atoms with van der Waals surface area (Å²) in [6, 6.07) is -0.351. The first kappa shape index (κ1) is 25.7. The maximum Gasteiger partial charge on any atom is 0.228 e. The molecule has 2 heterocycles. The zero-order valence-corrected chi connectivity index (χ0v) is 22.8. The number of β-lactam (4-membered cyclic amide) rings is 1. The van der Waals surface area contributed by atoms with Crippen LogP contribution in [0.1, 0.15) is 54.9 Å². The van der Waals surface area contributed by atoms with Crippen molar-refractivity contribution in [2.45, 2.75) is 116 Å². The average Bonchev–Trinajstić information content (AvgIpc) is 2.51. The highest BCUT2D eigenvalue weighted by atomic mass is 28.4. The van der Waals surface area contributed by atoms with Crippen molar-refractivity contribution in [1.29, 1.82) is 0 Å². The van der Waals surface area contributed by atoms with E-state index in [9.17, 15) is 9.59 Å². The van der Waals surface area contributed by atoms with Gasteiger partial charge >= 0.3 is 0 Å². The van der Waals surface area contributed by atoms with E-state index in [4.69, 9.17) is 13.6 Å². The molecule has 0 aromatic heterocycles. The molecule has 30 heavy (non-hydrogen) atoms. The van der Waals surface area contributed by atoms with Crippen molar-refractivity contribution in [2.75, 3.05) is 6.61 Å². The molecule has 2 aliphatic rings. The number of ketones is 1. The first-order valence-corrected chi connectivity index (χ1v) is 17.0. The molecule has 0 aromatic carbocycles. The third kappa shape index (κ3) is 5.09. The lowest BCUT2D eigenvalue weighted by Crippen LogP contribution is -2.71. The van der Waals surface area contributed by atoms with Crippen molar-refractivity contribution in [3.63, 3.8) is 0 Å². The molecule has 8 heteroatoms. The molecule has 0 bridgehead atoms. The minimum atomic E-state index is -2.08. The summed E-state index contributed by atoms with van der Waals surface area (Å²) < 4.78 is 18.8. The molecule has 0 aliphatic carbocycles. The predicted molar refractivity (Wildman–Crippen MR) is 125 cm³/mol. The minimum absolute atomic E-state index is 0.0276. The van der Waals surface area contributed by atoms with Crippen LogP contribution in [-0.4, -0.2) is 59.3 Å². The number of ether oxygens (including phenoxy) is 1. The molecule has 174 valence electrons. The summed E-state index contributed by atoms with van der Waals surface area (Å²) >= 11 is 0. The second-order valence-corrected chi connectivity index (χ2v) is 21.5. The standard InChI is InChI=1S/C22H43NO5Si2/c1-14(27-29(8,9)21(2,3)4)16-17(23-20(16)25)19-18(24)15(12-13-26-19)28-30(10,11)22(5,6)7/h14-17,19H,12-13H2,1-11H3,(H,23,25). The molecule has 2 saturated heterocycles. The van der Waals surface area contributed by atoms with Crippen LogP contribution in [0.3, 0.4) is 0 Å². The van der Waals surface area contributed by atoms with Gasteiger partial charge in [0.1, 0.15) is 12.2 Å². The first-order chi connectivity index (χ1) is 13.4. The minimum Gasteiger partial charge on any atom is -0.413 e. The van der Waals surface area contributed by atoms with E-state index >= 15 is 0 Å². The number of amides is 1. The second kappa shape index (κ2) is 8.42. The number of rotatable bonds is 6. The lowest BCUT2D eigenvalue weighted by atomic mass is 9.80. The van der Waals surface area contributed by atoms with E-state index in [2.05, 4.69) is 73.0 Å². The van der Waals surface area contributed by atoms with Gasteiger partial charge in [0.25, 0.3) is 0 Å². The summed E-state index contributed by atoms with van der Waals surface area (Å²) in [7, 11) is -4.11. The van der Waals surface area contributed by atoms with Crippen molar-refractivity contribution < 1.29 is 23.2 Å². The van der Waals surface area contributed by atoms with Crippen molar-refractivity contribution in [1.82, 2.24) is 5.32 Å². The molecular weight excluding hydrogens is 414 g/mol. The SMILES string of the molecule is CC(O[Si](C)(C)C(C)(C)C)C1C(=O)NC1C1OCCC(O[Si](C)(C)C(C)(C)C)C1=O. The maximum absolute atomic E-state index is 13.3. The first-order valence-electron chi connectivity index (χ1n) is 11.2. The van der Waals surface area contributed by atoms with Crippen LogP contribution in [0.25, 0.3) is 0 Å². The number of carbonyl (C=O) groups is 2. The Morgan fingerprint density at radius 3 is 2.00 bits per heavy atom. The summed E-state index contributed by atoms with van der Waals surface area (Å²) in [5.74, 6) is -0.477. The largest absolute Gasteiger partial charge is 0.413 e. The second-order valence-electron chi connectivity index (χ2n) is 12.0. The van der Waals surface area contributed by atoms with E-state index in [1.165, 1.54) is 0 Å². The molecule has 2 aliphatic heterocycles. The van der Waals surface area contributed by atoms with Gasteiger partial charge in [0, 0.05) is 6.42 Å². The highest BCUT2D eigenvalue weighted by Crippen LogP contribution is 2.41. The van der Waals surface area contributed by atoms with Crippen molar-refractivity contribution in [3.8, 4) is 0 Å². The molecule has 2 rings (SSSR count). The van der Waals surface area contributed by atoms with E-state index in [-0.39, 0.29) is 39.8 Å². The Hall–Kier alpha value is -0.546. The number of Topliss-reactive ketones (excluding diaryl/α,β-unsaturated/α-hetero) is 1. The third-order valence-corrected chi connectivity index (χ3v) is 16.7. The molecule has 0 radical (unpaired) electrons. The third-order valence-electron chi connectivity index (χ3n) is 7.64. The van der Waals surface area contributed by atoms with E-state index in [1.54, 1.807) is 0 Å². The van der Waals surface area contributed by atoms with Gasteiger partial charge in [-0.05, 0) is 43.2 Å². The van der Waals surface area contributed by atoms with Gasteiger partial charge in [0.15, 0.2) is 22.4 Å². The molecule has 5 atom stereocenters. The van der Waals surface area contributed by atoms with Crippen LogP contribution in [0, 0.1) is 5.92 Å². The maximum atomic E-state index is 13.3. The topological polar surface area (TPSA) is 73.9 Å². The van der Waals surface area contributed by atoms with E-state index in [0.717, 1.165) is 0 Å². The molecule has 1 N–H and O–H groups in total. The summed E-state index contributed by atoms with van der Waals surface area (Å²) in [5, 5.41) is 3.00. The molecule has 5 unspecified atom stereocenters. The molecule has 0 saturated carbocycles. The fourth-order valence-electron chi connectivity index (χ4n) is 3.54. The van der Waals surface area contributed by atoms with Crippen molar-refractivity contribution in [3.05, 3.63) is 0 Å². The zero-order chi connectivity index (χ0) is 23.3. The number of nitrogens with one attached hydrogen (secondary N) is 1. The Labute approximate surface area is 185 Å². The Kier molecular flexibility index (Phi) is 7.22. The van der Waals surface area contributed by atoms with E-state index in [1.807, 2.05) is 6.92 Å². The van der Waals surface area contributed by atoms with Gasteiger partial charge < -0.3 is 18.9 Å². The highest BCUT2D eigenvalue weighted by Gasteiger charge is 2.54. The zero-order valence-electron chi connectivity index (χ0n) is 20.8. The normalized spacial score (nSPS) is 30.0. The summed E-state index contributed by atoms with van der Waals surface area (Å²) in [6.07, 6.45) is -0.813. The van der Waals surface area contributed by atoms with Crippen LogP contribution in [0.5, 0.6) is 0 Å². The molecule has 6 nitrogen and oxygen atoms in total. The van der Waals surface area contributed by atoms with Crippen molar-refractivity contribution in [2.24, 2.45) is 5.92 Å². The number of hydrogen-bond donors (Lipinski definition) is 1. The van der Waals surface area contributed by atoms with Gasteiger partial charge in [0.2, 0.25) is 5.91 Å². The van der Waals surface area contributed by atoms with Crippen LogP contribution in [0.15, 0.2) is 0 Å². The average molecular weight is 458 g/mol. The van der Waals surface area contributed by atoms with Gasteiger partial charge in [-0.3, -0.25) is 9.59 Å². The van der Waals surface area contributed by atoms with Crippen LogP contribution < -0.4 is 5.32 Å². The van der Waals surface area contributed by atoms with E-state index < -0.39 is 28.8 Å². The summed E-state index contributed by atoms with van der Waals surface area (Å²) in [4.78, 5) is 25.7. The summed E-state index contributed by atoms with van der Waals surface area (Å²) in [5.41, 5.74) is 0. The van der Waals surface area contributed by atoms with Crippen LogP contribution in [-0.2, 0) is 23.2 Å². The Morgan fingerprint density at radius 2 is 1.53 bits per heavy atom. The fraction of sp³-hybridized carbons (Fsp3) is 0.909. The van der Waals surface area contributed by atoms with Crippen LogP contribution >= 0.6 is 0 Å². The smallest absolute Gasteiger partial charge is 0.228 e. The van der Waals surface area contributed by atoms with Crippen molar-refractivity contribution >= 4 is 28.3 Å². The summed E-state index contributed by atoms with van der Waals surface area (Å²) in [6.45, 7) is 24.2. The molecule has 2 fully saturated rings. The van der Waals surface area contributed by atoms with Crippen LogP contribution in [0.2, 0.25) is 36.3 Å². The van der Waals surface area contributed by atoms with Gasteiger partial charge in [-0.25, -0.2) is 0 Å². The van der Waals surface area contributed by atoms with Gasteiger partial charge in [-0.2, -0.15) is 0 Å². The quantitative estimate of drug-likeness (QED) is 0.476. The van der Waals surface area contributed by atoms with Crippen LogP contribution in [0.4, 0.5) is 0 Å². The lowest BCUT2D eigenvalue weighted by molar-refractivity contribution is -0.162. The Morgan fingerprint density at radius 1 is 1.00 bits per heavy atom. The van der Waals surface area contributed by atoms with Gasteiger partial charge in [-0.1, -0.05) is 41.5 Å². The van der Waals surface area contributed by atoms with Gasteiger partial charge in [-0.15, -0.1) is 0 Å². The molecular formula is C22H43NO5Si2. The monoisotopic (exact) mass is 457 g/mol.